The fourth-order valence-electron chi connectivity index (χ4n) is 2.37. The predicted octanol–water partition coefficient (Wildman–Crippen LogP) is 3.03. The van der Waals surface area contributed by atoms with Gasteiger partial charge >= 0.3 is 0 Å². The van der Waals surface area contributed by atoms with Crippen LogP contribution in [0.4, 0.5) is 5.69 Å². The number of carbonyl (C=O) groups is 1. The van der Waals surface area contributed by atoms with Crippen LogP contribution in [0.3, 0.4) is 0 Å². The van der Waals surface area contributed by atoms with Crippen LogP contribution in [0.15, 0.2) is 18.2 Å². The number of hydrogen-bond acceptors (Lipinski definition) is 3. The molecule has 0 unspecified atom stereocenters. The molecule has 0 spiro atoms. The third kappa shape index (κ3) is 3.88. The summed E-state index contributed by atoms with van der Waals surface area (Å²) in [7, 11) is 0. The van der Waals surface area contributed by atoms with E-state index in [1.165, 1.54) is 6.42 Å². The van der Waals surface area contributed by atoms with Gasteiger partial charge in [0.15, 0.2) is 0 Å². The van der Waals surface area contributed by atoms with Gasteiger partial charge in [0.05, 0.1) is 11.3 Å². The molecule has 1 heterocycles. The molecule has 1 aromatic carbocycles. The second-order valence-corrected chi connectivity index (χ2v) is 5.36. The van der Waals surface area contributed by atoms with Gasteiger partial charge < -0.3 is 10.2 Å². The molecule has 0 bridgehead atoms. The van der Waals surface area contributed by atoms with Gasteiger partial charge in [0.2, 0.25) is 5.91 Å². The van der Waals surface area contributed by atoms with E-state index < -0.39 is 0 Å². The van der Waals surface area contributed by atoms with Gasteiger partial charge in [0.1, 0.15) is 6.07 Å². The molecule has 0 saturated carbocycles. The summed E-state index contributed by atoms with van der Waals surface area (Å²) >= 11 is 5.84. The van der Waals surface area contributed by atoms with Crippen molar-refractivity contribution >= 4 is 23.2 Å². The Labute approximate surface area is 124 Å². The Morgan fingerprint density at radius 1 is 1.35 bits per heavy atom. The third-order valence-corrected chi connectivity index (χ3v) is 3.70. The molecular weight excluding hydrogens is 274 g/mol. The van der Waals surface area contributed by atoms with Crippen LogP contribution < -0.4 is 5.32 Å². The van der Waals surface area contributed by atoms with Gasteiger partial charge in [-0.15, -0.1) is 0 Å². The standard InChI is InChI=1S/C15H18ClN3O/c16-13-4-5-14(12(10-13)11-17)18-7-6-15(20)19-8-2-1-3-9-19/h4-5,10,18H,1-3,6-9H2. The number of likely N-dealkylation sites (tertiary alicyclic amines) is 1. The zero-order chi connectivity index (χ0) is 14.4. The number of hydrogen-bond donors (Lipinski definition) is 1. The lowest BCUT2D eigenvalue weighted by Crippen LogP contribution is -2.36. The molecule has 1 aliphatic heterocycles. The molecular formula is C15H18ClN3O. The average molecular weight is 292 g/mol. The van der Waals surface area contributed by atoms with E-state index in [0.717, 1.165) is 31.6 Å². The molecule has 1 fully saturated rings. The number of amides is 1. The van der Waals surface area contributed by atoms with Gasteiger partial charge in [-0.05, 0) is 37.5 Å². The van der Waals surface area contributed by atoms with Crippen LogP contribution in [-0.2, 0) is 4.79 Å². The van der Waals surface area contributed by atoms with Crippen molar-refractivity contribution in [3.05, 3.63) is 28.8 Å². The molecule has 1 saturated heterocycles. The van der Waals surface area contributed by atoms with Gasteiger partial charge in [0.25, 0.3) is 0 Å². The van der Waals surface area contributed by atoms with Gasteiger partial charge in [-0.2, -0.15) is 5.26 Å². The number of nitrogens with zero attached hydrogens (tertiary/aromatic N) is 2. The molecule has 0 aromatic heterocycles. The monoisotopic (exact) mass is 291 g/mol. The Balaban J connectivity index is 1.83. The number of nitrogens with one attached hydrogen (secondary N) is 1. The lowest BCUT2D eigenvalue weighted by molar-refractivity contribution is -0.131. The Bertz CT molecular complexity index is 518. The number of carbonyl (C=O) groups excluding carboxylic acids is 1. The van der Waals surface area contributed by atoms with Crippen LogP contribution in [0, 0.1) is 11.3 Å². The molecule has 1 amide bonds. The normalized spacial score (nSPS) is 14.7. The SMILES string of the molecule is N#Cc1cc(Cl)ccc1NCCC(=O)N1CCCCC1. The van der Waals surface area contributed by atoms with E-state index >= 15 is 0 Å². The molecule has 0 aliphatic carbocycles. The molecule has 0 atom stereocenters. The first-order valence-corrected chi connectivity index (χ1v) is 7.30. The molecule has 106 valence electrons. The van der Waals surface area contributed by atoms with Gasteiger partial charge in [-0.3, -0.25) is 4.79 Å². The Morgan fingerprint density at radius 3 is 2.80 bits per heavy atom. The summed E-state index contributed by atoms with van der Waals surface area (Å²) in [4.78, 5) is 13.9. The lowest BCUT2D eigenvalue weighted by atomic mass is 10.1. The minimum absolute atomic E-state index is 0.185. The van der Waals surface area contributed by atoms with E-state index in [2.05, 4.69) is 11.4 Å². The first kappa shape index (κ1) is 14.7. The smallest absolute Gasteiger partial charge is 0.224 e. The number of benzene rings is 1. The Hall–Kier alpha value is -1.73. The Kier molecular flexibility index (Phi) is 5.25. The average Bonchev–Trinajstić information content (AvgIpc) is 2.49. The summed E-state index contributed by atoms with van der Waals surface area (Å²) in [6, 6.07) is 7.22. The molecule has 1 aromatic rings. The first-order valence-electron chi connectivity index (χ1n) is 6.92. The first-order chi connectivity index (χ1) is 9.70. The number of nitriles is 1. The summed E-state index contributed by atoms with van der Waals surface area (Å²) in [5.74, 6) is 0.185. The molecule has 5 heteroatoms. The summed E-state index contributed by atoms with van der Waals surface area (Å²) in [6.45, 7) is 2.29. The van der Waals surface area contributed by atoms with Crippen LogP contribution in [0.5, 0.6) is 0 Å². The molecule has 20 heavy (non-hydrogen) atoms. The van der Waals surface area contributed by atoms with E-state index in [1.807, 2.05) is 4.90 Å². The van der Waals surface area contributed by atoms with Crippen molar-refractivity contribution in [2.24, 2.45) is 0 Å². The van der Waals surface area contributed by atoms with E-state index in [0.29, 0.717) is 23.6 Å². The summed E-state index contributed by atoms with van der Waals surface area (Å²) in [5, 5.41) is 12.7. The largest absolute Gasteiger partial charge is 0.383 e. The van der Waals surface area contributed by atoms with E-state index in [9.17, 15) is 4.79 Å². The van der Waals surface area contributed by atoms with Crippen molar-refractivity contribution in [3.8, 4) is 6.07 Å². The van der Waals surface area contributed by atoms with Gasteiger partial charge in [-0.25, -0.2) is 0 Å². The van der Waals surface area contributed by atoms with Crippen molar-refractivity contribution in [2.45, 2.75) is 25.7 Å². The summed E-state index contributed by atoms with van der Waals surface area (Å²) < 4.78 is 0. The third-order valence-electron chi connectivity index (χ3n) is 3.47. The highest BCUT2D eigenvalue weighted by Crippen LogP contribution is 2.19. The molecule has 1 N–H and O–H groups in total. The molecule has 1 aliphatic rings. The molecule has 2 rings (SSSR count). The van der Waals surface area contributed by atoms with Crippen molar-refractivity contribution in [2.75, 3.05) is 25.0 Å². The number of piperidine rings is 1. The fraction of sp³-hybridized carbons (Fsp3) is 0.467. The zero-order valence-corrected chi connectivity index (χ0v) is 12.1. The molecule has 4 nitrogen and oxygen atoms in total. The van der Waals surface area contributed by atoms with E-state index in [4.69, 9.17) is 16.9 Å². The van der Waals surface area contributed by atoms with E-state index in [1.54, 1.807) is 18.2 Å². The second-order valence-electron chi connectivity index (χ2n) is 4.92. The van der Waals surface area contributed by atoms with Gasteiger partial charge in [-0.1, -0.05) is 11.6 Å². The van der Waals surface area contributed by atoms with Crippen molar-refractivity contribution in [3.63, 3.8) is 0 Å². The minimum Gasteiger partial charge on any atom is -0.383 e. The highest BCUT2D eigenvalue weighted by Gasteiger charge is 2.15. The topological polar surface area (TPSA) is 56.1 Å². The van der Waals surface area contributed by atoms with Crippen LogP contribution in [-0.4, -0.2) is 30.4 Å². The quantitative estimate of drug-likeness (QED) is 0.928. The molecule has 0 radical (unpaired) electrons. The van der Waals surface area contributed by atoms with Crippen LogP contribution in [0.1, 0.15) is 31.2 Å². The van der Waals surface area contributed by atoms with Crippen LogP contribution >= 0.6 is 11.6 Å². The number of rotatable bonds is 4. The maximum Gasteiger partial charge on any atom is 0.224 e. The van der Waals surface area contributed by atoms with E-state index in [-0.39, 0.29) is 5.91 Å². The zero-order valence-electron chi connectivity index (χ0n) is 11.4. The lowest BCUT2D eigenvalue weighted by Gasteiger charge is -2.26. The van der Waals surface area contributed by atoms with Crippen molar-refractivity contribution in [1.29, 1.82) is 5.26 Å². The highest BCUT2D eigenvalue weighted by molar-refractivity contribution is 6.30. The minimum atomic E-state index is 0.185. The second kappa shape index (κ2) is 7.16. The van der Waals surface area contributed by atoms with Gasteiger partial charge in [0, 0.05) is 31.1 Å². The Morgan fingerprint density at radius 2 is 2.10 bits per heavy atom. The maximum atomic E-state index is 12.0. The highest BCUT2D eigenvalue weighted by atomic mass is 35.5. The predicted molar refractivity (Wildman–Crippen MR) is 79.7 cm³/mol. The van der Waals surface area contributed by atoms with Crippen LogP contribution in [0.25, 0.3) is 0 Å². The summed E-state index contributed by atoms with van der Waals surface area (Å²) in [5.41, 5.74) is 1.23. The number of halogens is 1. The fourth-order valence-corrected chi connectivity index (χ4v) is 2.54. The van der Waals surface area contributed by atoms with Crippen molar-refractivity contribution in [1.82, 2.24) is 4.90 Å². The summed E-state index contributed by atoms with van der Waals surface area (Å²) in [6.07, 6.45) is 3.88. The maximum absolute atomic E-state index is 12.0. The van der Waals surface area contributed by atoms with Crippen molar-refractivity contribution < 1.29 is 4.79 Å². The number of anilines is 1. The van der Waals surface area contributed by atoms with Crippen LogP contribution in [0.2, 0.25) is 5.02 Å².